The summed E-state index contributed by atoms with van der Waals surface area (Å²) in [5.41, 5.74) is 1.45. The van der Waals surface area contributed by atoms with Crippen LogP contribution < -0.4 is 10.6 Å². The first-order chi connectivity index (χ1) is 13.8. The normalized spacial score (nSPS) is 14.2. The third-order valence-corrected chi connectivity index (χ3v) is 5.03. The molecule has 0 fully saturated rings. The number of imide groups is 1. The van der Waals surface area contributed by atoms with Crippen LogP contribution in [0.4, 0.5) is 4.39 Å². The van der Waals surface area contributed by atoms with Crippen LogP contribution in [0, 0.1) is 5.82 Å². The highest BCUT2D eigenvalue weighted by Crippen LogP contribution is 2.23. The maximum atomic E-state index is 13.5. The maximum Gasteiger partial charge on any atom is 0.261 e. The highest BCUT2D eigenvalue weighted by Gasteiger charge is 2.34. The van der Waals surface area contributed by atoms with Crippen molar-refractivity contribution in [2.45, 2.75) is 19.3 Å². The predicted octanol–water partition coefficient (Wildman–Crippen LogP) is 2.56. The largest absolute Gasteiger partial charge is 0.356 e. The fourth-order valence-electron chi connectivity index (χ4n) is 3.27. The summed E-state index contributed by atoms with van der Waals surface area (Å²) in [6.45, 7) is 5.16. The highest BCUT2D eigenvalue weighted by atomic mass is 19.1. The van der Waals surface area contributed by atoms with E-state index in [1.54, 1.807) is 37.4 Å². The predicted molar refractivity (Wildman–Crippen MR) is 111 cm³/mol. The van der Waals surface area contributed by atoms with Crippen molar-refractivity contribution in [1.82, 2.24) is 15.5 Å². The third-order valence-electron chi connectivity index (χ3n) is 5.03. The van der Waals surface area contributed by atoms with E-state index in [1.807, 2.05) is 19.9 Å². The molecule has 7 heteroatoms. The van der Waals surface area contributed by atoms with Crippen LogP contribution in [0.5, 0.6) is 0 Å². The summed E-state index contributed by atoms with van der Waals surface area (Å²) in [4.78, 5) is 30.2. The van der Waals surface area contributed by atoms with Gasteiger partial charge >= 0.3 is 0 Å². The number of guanidine groups is 1. The number of amides is 2. The molecule has 0 saturated heterocycles. The summed E-state index contributed by atoms with van der Waals surface area (Å²) >= 11 is 0. The Labute approximate surface area is 169 Å². The first-order valence-electron chi connectivity index (χ1n) is 9.49. The first kappa shape index (κ1) is 20.5. The Morgan fingerprint density at radius 1 is 1.03 bits per heavy atom. The molecule has 0 spiro atoms. The minimum absolute atomic E-state index is 0.236. The lowest BCUT2D eigenvalue weighted by molar-refractivity contribution is 0.0657. The molecule has 29 heavy (non-hydrogen) atoms. The molecule has 1 heterocycles. The van der Waals surface area contributed by atoms with E-state index in [4.69, 9.17) is 0 Å². The molecule has 0 atom stereocenters. The van der Waals surface area contributed by atoms with Gasteiger partial charge in [0.2, 0.25) is 0 Å². The van der Waals surface area contributed by atoms with E-state index < -0.39 is 0 Å². The number of nitrogens with one attached hydrogen (secondary N) is 2. The number of rotatable bonds is 6. The number of nitrogens with zero attached hydrogens (tertiary/aromatic N) is 2. The molecule has 0 saturated carbocycles. The lowest BCUT2D eigenvalue weighted by atomic mass is 9.84. The standard InChI is InChI=1S/C22H25FN4O2/c1-22(2,15-7-6-8-16(23)13-15)14-26-21(24-3)25-11-12-27-19(28)17-9-4-5-10-18(17)20(27)29/h4-10,13H,11-12,14H2,1-3H3,(H2,24,25,26). The summed E-state index contributed by atoms with van der Waals surface area (Å²) in [7, 11) is 1.65. The average molecular weight is 396 g/mol. The molecule has 6 nitrogen and oxygen atoms in total. The molecule has 1 aliphatic rings. The summed E-state index contributed by atoms with van der Waals surface area (Å²) in [6, 6.07) is 13.4. The summed E-state index contributed by atoms with van der Waals surface area (Å²) in [6.07, 6.45) is 0. The molecule has 2 aromatic rings. The van der Waals surface area contributed by atoms with Gasteiger partial charge < -0.3 is 10.6 Å². The Hall–Kier alpha value is -3.22. The minimum Gasteiger partial charge on any atom is -0.356 e. The van der Waals surface area contributed by atoms with Crippen LogP contribution in [0.25, 0.3) is 0 Å². The van der Waals surface area contributed by atoms with E-state index in [9.17, 15) is 14.0 Å². The van der Waals surface area contributed by atoms with Gasteiger partial charge in [0.1, 0.15) is 5.82 Å². The van der Waals surface area contributed by atoms with E-state index in [0.29, 0.717) is 30.2 Å². The maximum absolute atomic E-state index is 13.5. The van der Waals surface area contributed by atoms with Gasteiger partial charge in [0, 0.05) is 32.1 Å². The fraction of sp³-hybridized carbons (Fsp3) is 0.318. The number of carbonyl (C=O) groups is 2. The van der Waals surface area contributed by atoms with E-state index >= 15 is 0 Å². The van der Waals surface area contributed by atoms with Crippen molar-refractivity contribution in [3.63, 3.8) is 0 Å². The van der Waals surface area contributed by atoms with Gasteiger partial charge in [-0.3, -0.25) is 19.5 Å². The van der Waals surface area contributed by atoms with Gasteiger partial charge in [-0.1, -0.05) is 38.1 Å². The van der Waals surface area contributed by atoms with Crippen LogP contribution >= 0.6 is 0 Å². The highest BCUT2D eigenvalue weighted by molar-refractivity contribution is 6.21. The van der Waals surface area contributed by atoms with Gasteiger partial charge in [-0.2, -0.15) is 0 Å². The van der Waals surface area contributed by atoms with E-state index in [0.717, 1.165) is 5.56 Å². The third kappa shape index (κ3) is 4.45. The van der Waals surface area contributed by atoms with Gasteiger partial charge in [-0.15, -0.1) is 0 Å². The molecular weight excluding hydrogens is 371 g/mol. The second-order valence-electron chi connectivity index (χ2n) is 7.55. The summed E-state index contributed by atoms with van der Waals surface area (Å²) in [5, 5.41) is 6.34. The van der Waals surface area contributed by atoms with Gasteiger partial charge in [-0.25, -0.2) is 4.39 Å². The number of hydrogen-bond acceptors (Lipinski definition) is 3. The Kier molecular flexibility index (Phi) is 5.96. The smallest absolute Gasteiger partial charge is 0.261 e. The summed E-state index contributed by atoms with van der Waals surface area (Å²) in [5.74, 6) is -0.268. The van der Waals surface area contributed by atoms with Crippen LogP contribution in [0.15, 0.2) is 53.5 Å². The summed E-state index contributed by atoms with van der Waals surface area (Å²) < 4.78 is 13.5. The lowest BCUT2D eigenvalue weighted by Gasteiger charge is -2.27. The molecule has 152 valence electrons. The first-order valence-corrected chi connectivity index (χ1v) is 9.49. The Morgan fingerprint density at radius 2 is 1.69 bits per heavy atom. The number of halogens is 1. The van der Waals surface area contributed by atoms with Crippen LogP contribution in [0.1, 0.15) is 40.1 Å². The van der Waals surface area contributed by atoms with Crippen LogP contribution in [0.3, 0.4) is 0 Å². The van der Waals surface area contributed by atoms with Gasteiger partial charge in [0.15, 0.2) is 5.96 Å². The topological polar surface area (TPSA) is 73.8 Å². The Bertz CT molecular complexity index is 920. The monoisotopic (exact) mass is 396 g/mol. The van der Waals surface area contributed by atoms with E-state index in [1.165, 1.54) is 17.0 Å². The van der Waals surface area contributed by atoms with Crippen molar-refractivity contribution in [3.8, 4) is 0 Å². The Balaban J connectivity index is 1.53. The number of carbonyl (C=O) groups excluding carboxylic acids is 2. The molecule has 0 aliphatic carbocycles. The van der Waals surface area contributed by atoms with Crippen molar-refractivity contribution < 1.29 is 14.0 Å². The SMILES string of the molecule is CN=C(NCCN1C(=O)c2ccccc2C1=O)NCC(C)(C)c1cccc(F)c1. The van der Waals surface area contributed by atoms with Gasteiger partial charge in [-0.05, 0) is 29.8 Å². The molecule has 0 unspecified atom stereocenters. The zero-order valence-corrected chi connectivity index (χ0v) is 16.8. The minimum atomic E-state index is -0.317. The fourth-order valence-corrected chi connectivity index (χ4v) is 3.27. The van der Waals surface area contributed by atoms with Crippen molar-refractivity contribution in [1.29, 1.82) is 0 Å². The molecule has 2 aromatic carbocycles. The molecule has 0 radical (unpaired) electrons. The number of benzene rings is 2. The second-order valence-corrected chi connectivity index (χ2v) is 7.55. The Morgan fingerprint density at radius 3 is 2.28 bits per heavy atom. The van der Waals surface area contributed by atoms with E-state index in [2.05, 4.69) is 15.6 Å². The molecule has 2 N–H and O–H groups in total. The number of aliphatic imine (C=N–C) groups is 1. The van der Waals surface area contributed by atoms with Crippen LogP contribution in [0.2, 0.25) is 0 Å². The molecule has 2 amide bonds. The zero-order chi connectivity index (χ0) is 21.0. The number of hydrogen-bond donors (Lipinski definition) is 2. The molecule has 1 aliphatic heterocycles. The van der Waals surface area contributed by atoms with Crippen LogP contribution in [-0.2, 0) is 5.41 Å². The molecule has 0 bridgehead atoms. The van der Waals surface area contributed by atoms with Crippen molar-refractivity contribution >= 4 is 17.8 Å². The van der Waals surface area contributed by atoms with Crippen molar-refractivity contribution in [2.24, 2.45) is 4.99 Å². The molecule has 0 aromatic heterocycles. The molecular formula is C22H25FN4O2. The molecule has 3 rings (SSSR count). The van der Waals surface area contributed by atoms with E-state index in [-0.39, 0.29) is 29.6 Å². The van der Waals surface area contributed by atoms with Crippen LogP contribution in [-0.4, -0.2) is 49.4 Å². The average Bonchev–Trinajstić information content (AvgIpc) is 2.95. The van der Waals surface area contributed by atoms with Crippen molar-refractivity contribution in [2.75, 3.05) is 26.7 Å². The number of fused-ring (bicyclic) bond motifs is 1. The van der Waals surface area contributed by atoms with Gasteiger partial charge in [0.25, 0.3) is 11.8 Å². The quantitative estimate of drug-likeness (QED) is 0.447. The second kappa shape index (κ2) is 8.43. The zero-order valence-electron chi connectivity index (χ0n) is 16.8. The van der Waals surface area contributed by atoms with Gasteiger partial charge in [0.05, 0.1) is 11.1 Å². The van der Waals surface area contributed by atoms with Crippen molar-refractivity contribution in [3.05, 3.63) is 71.0 Å². The lowest BCUT2D eigenvalue weighted by Crippen LogP contribution is -2.46.